The molecule has 1 aromatic rings. The summed E-state index contributed by atoms with van der Waals surface area (Å²) in [6.45, 7) is 0. The zero-order valence-electron chi connectivity index (χ0n) is 9.50. The van der Waals surface area contributed by atoms with Crippen LogP contribution >= 0.6 is 0 Å². The molecule has 1 aliphatic carbocycles. The first-order chi connectivity index (χ1) is 8.00. The lowest BCUT2D eigenvalue weighted by Gasteiger charge is -2.23. The van der Waals surface area contributed by atoms with E-state index in [9.17, 15) is 13.2 Å². The monoisotopic (exact) mass is 243 g/mol. The highest BCUT2D eigenvalue weighted by atomic mass is 19.4. The minimum absolute atomic E-state index is 0.193. The van der Waals surface area contributed by atoms with Gasteiger partial charge in [-0.05, 0) is 30.4 Å². The second-order valence-corrected chi connectivity index (χ2v) is 4.66. The number of halogens is 3. The first-order valence-electron chi connectivity index (χ1n) is 5.92. The normalized spacial score (nSPS) is 19.5. The number of hydrogen-bond acceptors (Lipinski definition) is 1. The first kappa shape index (κ1) is 12.4. The second kappa shape index (κ2) is 4.69. The van der Waals surface area contributed by atoms with Crippen LogP contribution in [0.15, 0.2) is 24.3 Å². The Morgan fingerprint density at radius 1 is 1.12 bits per heavy atom. The summed E-state index contributed by atoms with van der Waals surface area (Å²) >= 11 is 0. The molecule has 0 radical (unpaired) electrons. The Labute approximate surface area is 98.8 Å². The van der Waals surface area contributed by atoms with Gasteiger partial charge in [-0.1, -0.05) is 31.0 Å². The summed E-state index contributed by atoms with van der Waals surface area (Å²) in [6, 6.07) is 5.17. The average Bonchev–Trinajstić information content (AvgIpc) is 2.80. The Kier molecular flexibility index (Phi) is 3.43. The van der Waals surface area contributed by atoms with Gasteiger partial charge in [-0.3, -0.25) is 0 Å². The molecule has 1 nitrogen and oxygen atoms in total. The largest absolute Gasteiger partial charge is 0.416 e. The van der Waals surface area contributed by atoms with Crippen LogP contribution in [-0.4, -0.2) is 0 Å². The maximum atomic E-state index is 12.8. The molecule has 0 spiro atoms. The summed E-state index contributed by atoms with van der Waals surface area (Å²) in [5.74, 6) is 0.193. The molecule has 0 aliphatic heterocycles. The number of hydrogen-bond donors (Lipinski definition) is 1. The number of alkyl halides is 3. The van der Waals surface area contributed by atoms with Gasteiger partial charge in [0.25, 0.3) is 0 Å². The summed E-state index contributed by atoms with van der Waals surface area (Å²) < 4.78 is 38.5. The van der Waals surface area contributed by atoms with Crippen LogP contribution in [0, 0.1) is 5.92 Å². The lowest BCUT2D eigenvalue weighted by atomic mass is 9.89. The molecule has 94 valence electrons. The fourth-order valence-corrected chi connectivity index (χ4v) is 2.62. The Bertz CT molecular complexity index is 380. The van der Waals surface area contributed by atoms with E-state index < -0.39 is 17.8 Å². The third kappa shape index (κ3) is 2.63. The van der Waals surface area contributed by atoms with Gasteiger partial charge in [0.15, 0.2) is 0 Å². The van der Waals surface area contributed by atoms with Gasteiger partial charge in [0, 0.05) is 6.04 Å². The smallest absolute Gasteiger partial charge is 0.324 e. The van der Waals surface area contributed by atoms with E-state index in [-0.39, 0.29) is 11.5 Å². The molecule has 1 aromatic carbocycles. The summed E-state index contributed by atoms with van der Waals surface area (Å²) in [7, 11) is 0. The van der Waals surface area contributed by atoms with Gasteiger partial charge >= 0.3 is 6.18 Å². The second-order valence-electron chi connectivity index (χ2n) is 4.66. The zero-order valence-corrected chi connectivity index (χ0v) is 9.50. The molecule has 0 heterocycles. The highest BCUT2D eigenvalue weighted by molar-refractivity contribution is 5.32. The Morgan fingerprint density at radius 2 is 1.71 bits per heavy atom. The molecule has 17 heavy (non-hydrogen) atoms. The van der Waals surface area contributed by atoms with Crippen molar-refractivity contribution in [2.24, 2.45) is 11.7 Å². The van der Waals surface area contributed by atoms with Gasteiger partial charge in [-0.15, -0.1) is 0 Å². The quantitative estimate of drug-likeness (QED) is 0.837. The van der Waals surface area contributed by atoms with Crippen molar-refractivity contribution in [3.8, 4) is 0 Å². The van der Waals surface area contributed by atoms with Gasteiger partial charge in [0.2, 0.25) is 0 Å². The first-order valence-corrected chi connectivity index (χ1v) is 5.92. The van der Waals surface area contributed by atoms with Crippen LogP contribution in [0.4, 0.5) is 13.2 Å². The van der Waals surface area contributed by atoms with Crippen molar-refractivity contribution in [3.63, 3.8) is 0 Å². The van der Waals surface area contributed by atoms with Gasteiger partial charge in [-0.2, -0.15) is 13.2 Å². The summed E-state index contributed by atoms with van der Waals surface area (Å²) in [5, 5.41) is 0. The molecule has 4 heteroatoms. The molecule has 1 fully saturated rings. The van der Waals surface area contributed by atoms with Crippen LogP contribution in [-0.2, 0) is 6.18 Å². The molecule has 0 saturated heterocycles. The third-order valence-electron chi connectivity index (χ3n) is 3.53. The highest BCUT2D eigenvalue weighted by Crippen LogP contribution is 2.39. The molecule has 0 amide bonds. The van der Waals surface area contributed by atoms with Crippen LogP contribution in [0.1, 0.15) is 42.9 Å². The van der Waals surface area contributed by atoms with Crippen LogP contribution in [0.5, 0.6) is 0 Å². The van der Waals surface area contributed by atoms with Gasteiger partial charge in [0.05, 0.1) is 5.56 Å². The maximum absolute atomic E-state index is 12.8. The van der Waals surface area contributed by atoms with E-state index in [1.54, 1.807) is 6.07 Å². The Balaban J connectivity index is 2.31. The molecular formula is C13H16F3N. The summed E-state index contributed by atoms with van der Waals surface area (Å²) in [5.41, 5.74) is 5.66. The topological polar surface area (TPSA) is 26.0 Å². The van der Waals surface area contributed by atoms with Crippen molar-refractivity contribution in [2.45, 2.75) is 37.9 Å². The van der Waals surface area contributed by atoms with Crippen LogP contribution in [0.2, 0.25) is 0 Å². The van der Waals surface area contributed by atoms with E-state index in [0.29, 0.717) is 0 Å². The van der Waals surface area contributed by atoms with Crippen molar-refractivity contribution in [2.75, 3.05) is 0 Å². The molecule has 2 N–H and O–H groups in total. The average molecular weight is 243 g/mol. The van der Waals surface area contributed by atoms with E-state index in [4.69, 9.17) is 5.73 Å². The van der Waals surface area contributed by atoms with Gasteiger partial charge < -0.3 is 5.73 Å². The van der Waals surface area contributed by atoms with Gasteiger partial charge in [0.1, 0.15) is 0 Å². The maximum Gasteiger partial charge on any atom is 0.416 e. The van der Waals surface area contributed by atoms with Crippen LogP contribution in [0.3, 0.4) is 0 Å². The molecule has 1 saturated carbocycles. The van der Waals surface area contributed by atoms with Crippen LogP contribution < -0.4 is 5.73 Å². The van der Waals surface area contributed by atoms with Crippen molar-refractivity contribution in [1.29, 1.82) is 0 Å². The zero-order chi connectivity index (χ0) is 12.5. The Morgan fingerprint density at radius 3 is 2.29 bits per heavy atom. The minimum Gasteiger partial charge on any atom is -0.324 e. The molecule has 0 bridgehead atoms. The van der Waals surface area contributed by atoms with E-state index in [0.717, 1.165) is 31.7 Å². The molecule has 1 aliphatic rings. The molecular weight excluding hydrogens is 227 g/mol. The third-order valence-corrected chi connectivity index (χ3v) is 3.53. The van der Waals surface area contributed by atoms with Crippen molar-refractivity contribution >= 4 is 0 Å². The molecule has 1 atom stereocenters. The van der Waals surface area contributed by atoms with E-state index >= 15 is 0 Å². The highest BCUT2D eigenvalue weighted by Gasteiger charge is 2.36. The van der Waals surface area contributed by atoms with Crippen molar-refractivity contribution < 1.29 is 13.2 Å². The predicted molar refractivity (Wildman–Crippen MR) is 60.3 cm³/mol. The standard InChI is InChI=1S/C13H16F3N/c14-13(15,16)11-8-4-3-7-10(11)12(17)9-5-1-2-6-9/h3-4,7-9,12H,1-2,5-6,17H2/t12-/m0/s1. The lowest BCUT2D eigenvalue weighted by molar-refractivity contribution is -0.138. The van der Waals surface area contributed by atoms with Crippen LogP contribution in [0.25, 0.3) is 0 Å². The summed E-state index contributed by atoms with van der Waals surface area (Å²) in [4.78, 5) is 0. The fourth-order valence-electron chi connectivity index (χ4n) is 2.62. The van der Waals surface area contributed by atoms with Crippen molar-refractivity contribution in [3.05, 3.63) is 35.4 Å². The summed E-state index contributed by atoms with van der Waals surface area (Å²) in [6.07, 6.45) is -0.285. The number of rotatable bonds is 2. The van der Waals surface area contributed by atoms with Gasteiger partial charge in [-0.25, -0.2) is 0 Å². The molecule has 2 rings (SSSR count). The predicted octanol–water partition coefficient (Wildman–Crippen LogP) is 3.90. The molecule has 0 aromatic heterocycles. The van der Waals surface area contributed by atoms with Crippen molar-refractivity contribution in [1.82, 2.24) is 0 Å². The Hall–Kier alpha value is -1.03. The SMILES string of the molecule is N[C@H](c1ccccc1C(F)(F)F)C1CCCC1. The van der Waals surface area contributed by atoms with E-state index in [1.165, 1.54) is 12.1 Å². The fraction of sp³-hybridized carbons (Fsp3) is 0.538. The number of nitrogens with two attached hydrogens (primary N) is 1. The number of benzene rings is 1. The molecule has 0 unspecified atom stereocenters. The minimum atomic E-state index is -4.31. The van der Waals surface area contributed by atoms with E-state index in [1.807, 2.05) is 0 Å². The lowest BCUT2D eigenvalue weighted by Crippen LogP contribution is -2.23. The van der Waals surface area contributed by atoms with E-state index in [2.05, 4.69) is 0 Å².